The van der Waals surface area contributed by atoms with Crippen LogP contribution in [0.5, 0.6) is 5.75 Å². The molecule has 0 saturated heterocycles. The molecular formula is C15H18O. The Kier molecular flexibility index (Phi) is 2.86. The molecule has 0 radical (unpaired) electrons. The van der Waals surface area contributed by atoms with E-state index in [9.17, 15) is 0 Å². The lowest BCUT2D eigenvalue weighted by Crippen LogP contribution is -1.94. The summed E-state index contributed by atoms with van der Waals surface area (Å²) in [4.78, 5) is 0. The lowest BCUT2D eigenvalue weighted by Gasteiger charge is -2.14. The Labute approximate surface area is 97.1 Å². The second kappa shape index (κ2) is 4.17. The lowest BCUT2D eigenvalue weighted by molar-refractivity contribution is 0.419. The van der Waals surface area contributed by atoms with Gasteiger partial charge in [0.25, 0.3) is 0 Å². The molecule has 0 N–H and O–H groups in total. The van der Waals surface area contributed by atoms with Gasteiger partial charge in [-0.05, 0) is 35.4 Å². The molecule has 0 unspecified atom stereocenters. The smallest absolute Gasteiger partial charge is 0.126 e. The summed E-state index contributed by atoms with van der Waals surface area (Å²) in [6.45, 7) is 6.58. The molecule has 0 atom stereocenters. The van der Waals surface area contributed by atoms with Gasteiger partial charge < -0.3 is 4.74 Å². The summed E-state index contributed by atoms with van der Waals surface area (Å²) < 4.78 is 5.47. The third kappa shape index (κ3) is 1.67. The van der Waals surface area contributed by atoms with Crippen molar-refractivity contribution in [3.8, 4) is 5.75 Å². The van der Waals surface area contributed by atoms with E-state index in [0.29, 0.717) is 5.92 Å². The quantitative estimate of drug-likeness (QED) is 0.725. The van der Waals surface area contributed by atoms with Crippen molar-refractivity contribution >= 4 is 10.8 Å². The second-order valence-electron chi connectivity index (χ2n) is 4.51. The van der Waals surface area contributed by atoms with Crippen LogP contribution in [0.2, 0.25) is 0 Å². The molecule has 2 aromatic carbocycles. The molecule has 0 bridgehead atoms. The Morgan fingerprint density at radius 3 is 2.44 bits per heavy atom. The van der Waals surface area contributed by atoms with Crippen molar-refractivity contribution in [3.63, 3.8) is 0 Å². The minimum Gasteiger partial charge on any atom is -0.496 e. The first-order valence-corrected chi connectivity index (χ1v) is 5.71. The Hall–Kier alpha value is -1.50. The van der Waals surface area contributed by atoms with Gasteiger partial charge in [0, 0.05) is 5.39 Å². The third-order valence-corrected chi connectivity index (χ3v) is 3.09. The van der Waals surface area contributed by atoms with Crippen LogP contribution in [0.1, 0.15) is 30.9 Å². The first kappa shape index (κ1) is 11.0. The maximum Gasteiger partial charge on any atom is 0.126 e. The Balaban J connectivity index is 2.88. The summed E-state index contributed by atoms with van der Waals surface area (Å²) >= 11 is 0. The standard InChI is InChI=1S/C15H18O/c1-10(2)12-9-8-11(3)13-6-5-7-14(16-4)15(12)13/h5-10H,1-4H3. The van der Waals surface area contributed by atoms with E-state index in [1.807, 2.05) is 6.07 Å². The molecule has 0 aromatic heterocycles. The number of aryl methyl sites for hydroxylation is 1. The third-order valence-electron chi connectivity index (χ3n) is 3.09. The van der Waals surface area contributed by atoms with Crippen LogP contribution in [-0.4, -0.2) is 7.11 Å². The first-order valence-electron chi connectivity index (χ1n) is 5.71. The molecule has 0 aliphatic carbocycles. The average molecular weight is 214 g/mol. The van der Waals surface area contributed by atoms with Gasteiger partial charge >= 0.3 is 0 Å². The number of benzene rings is 2. The molecule has 0 heterocycles. The van der Waals surface area contributed by atoms with Crippen LogP contribution in [-0.2, 0) is 0 Å². The van der Waals surface area contributed by atoms with Crippen LogP contribution in [0.15, 0.2) is 30.3 Å². The summed E-state index contributed by atoms with van der Waals surface area (Å²) in [7, 11) is 1.74. The Bertz CT molecular complexity index is 512. The van der Waals surface area contributed by atoms with Crippen molar-refractivity contribution in [1.82, 2.24) is 0 Å². The highest BCUT2D eigenvalue weighted by Gasteiger charge is 2.10. The molecule has 1 heteroatoms. The summed E-state index contributed by atoms with van der Waals surface area (Å²) in [5, 5.41) is 2.56. The van der Waals surface area contributed by atoms with Crippen molar-refractivity contribution < 1.29 is 4.74 Å². The van der Waals surface area contributed by atoms with E-state index in [1.165, 1.54) is 21.9 Å². The van der Waals surface area contributed by atoms with Gasteiger partial charge in [-0.2, -0.15) is 0 Å². The minimum absolute atomic E-state index is 0.513. The number of hydrogen-bond acceptors (Lipinski definition) is 1. The second-order valence-corrected chi connectivity index (χ2v) is 4.51. The summed E-state index contributed by atoms with van der Waals surface area (Å²) in [5.74, 6) is 1.49. The number of ether oxygens (including phenoxy) is 1. The number of hydrogen-bond donors (Lipinski definition) is 0. The zero-order chi connectivity index (χ0) is 11.7. The summed E-state index contributed by atoms with van der Waals surface area (Å²) in [6.07, 6.45) is 0. The normalized spacial score (nSPS) is 11.1. The summed E-state index contributed by atoms with van der Waals surface area (Å²) in [6, 6.07) is 10.7. The SMILES string of the molecule is COc1cccc2c(C)ccc(C(C)C)c12. The van der Waals surface area contributed by atoms with E-state index < -0.39 is 0 Å². The predicted octanol–water partition coefficient (Wildman–Crippen LogP) is 4.28. The van der Waals surface area contributed by atoms with Gasteiger partial charge in [0.15, 0.2) is 0 Å². The molecule has 0 spiro atoms. The van der Waals surface area contributed by atoms with Gasteiger partial charge in [0.2, 0.25) is 0 Å². The van der Waals surface area contributed by atoms with E-state index in [-0.39, 0.29) is 0 Å². The molecule has 0 amide bonds. The zero-order valence-electron chi connectivity index (χ0n) is 10.4. The van der Waals surface area contributed by atoms with E-state index in [2.05, 4.69) is 45.0 Å². The van der Waals surface area contributed by atoms with Gasteiger partial charge in [-0.1, -0.05) is 38.1 Å². The summed E-state index contributed by atoms with van der Waals surface area (Å²) in [5.41, 5.74) is 2.66. The van der Waals surface area contributed by atoms with Gasteiger partial charge in [-0.3, -0.25) is 0 Å². The van der Waals surface area contributed by atoms with Crippen molar-refractivity contribution in [2.75, 3.05) is 7.11 Å². The molecular weight excluding hydrogens is 196 g/mol. The minimum atomic E-state index is 0.513. The predicted molar refractivity (Wildman–Crippen MR) is 69.3 cm³/mol. The molecule has 0 aliphatic heterocycles. The lowest BCUT2D eigenvalue weighted by atomic mass is 9.93. The number of methoxy groups -OCH3 is 1. The van der Waals surface area contributed by atoms with Crippen molar-refractivity contribution in [2.45, 2.75) is 26.7 Å². The average Bonchev–Trinajstić information content (AvgIpc) is 2.28. The molecule has 0 saturated carbocycles. The fraction of sp³-hybridized carbons (Fsp3) is 0.333. The molecule has 2 aromatic rings. The monoisotopic (exact) mass is 214 g/mol. The Morgan fingerprint density at radius 1 is 1.06 bits per heavy atom. The topological polar surface area (TPSA) is 9.23 Å². The fourth-order valence-electron chi connectivity index (χ4n) is 2.20. The van der Waals surface area contributed by atoms with Crippen LogP contribution in [0, 0.1) is 6.92 Å². The largest absolute Gasteiger partial charge is 0.496 e. The molecule has 2 rings (SSSR count). The highest BCUT2D eigenvalue weighted by molar-refractivity contribution is 5.94. The van der Waals surface area contributed by atoms with Crippen molar-refractivity contribution in [3.05, 3.63) is 41.5 Å². The first-order chi connectivity index (χ1) is 7.65. The highest BCUT2D eigenvalue weighted by atomic mass is 16.5. The van der Waals surface area contributed by atoms with Gasteiger partial charge in [-0.15, -0.1) is 0 Å². The number of fused-ring (bicyclic) bond motifs is 1. The zero-order valence-corrected chi connectivity index (χ0v) is 10.4. The van der Waals surface area contributed by atoms with Crippen molar-refractivity contribution in [1.29, 1.82) is 0 Å². The molecule has 1 nitrogen and oxygen atoms in total. The molecule has 0 aliphatic rings. The fourth-order valence-corrected chi connectivity index (χ4v) is 2.20. The van der Waals surface area contributed by atoms with Crippen LogP contribution in [0.25, 0.3) is 10.8 Å². The number of rotatable bonds is 2. The van der Waals surface area contributed by atoms with E-state index in [4.69, 9.17) is 4.74 Å². The van der Waals surface area contributed by atoms with Crippen LogP contribution >= 0.6 is 0 Å². The van der Waals surface area contributed by atoms with E-state index in [1.54, 1.807) is 7.11 Å². The molecule has 84 valence electrons. The van der Waals surface area contributed by atoms with E-state index in [0.717, 1.165) is 5.75 Å². The molecule has 0 fully saturated rings. The maximum atomic E-state index is 5.47. The van der Waals surface area contributed by atoms with Crippen LogP contribution in [0.3, 0.4) is 0 Å². The molecule has 16 heavy (non-hydrogen) atoms. The highest BCUT2D eigenvalue weighted by Crippen LogP contribution is 2.34. The van der Waals surface area contributed by atoms with Crippen LogP contribution in [0.4, 0.5) is 0 Å². The maximum absolute atomic E-state index is 5.47. The van der Waals surface area contributed by atoms with Gasteiger partial charge in [0.1, 0.15) is 5.75 Å². The van der Waals surface area contributed by atoms with Gasteiger partial charge in [0.05, 0.1) is 7.11 Å². The van der Waals surface area contributed by atoms with Crippen LogP contribution < -0.4 is 4.74 Å². The van der Waals surface area contributed by atoms with E-state index >= 15 is 0 Å². The van der Waals surface area contributed by atoms with Gasteiger partial charge in [-0.25, -0.2) is 0 Å². The van der Waals surface area contributed by atoms with Crippen molar-refractivity contribution in [2.24, 2.45) is 0 Å². The Morgan fingerprint density at radius 2 is 1.81 bits per heavy atom.